The zero-order valence-corrected chi connectivity index (χ0v) is 12.3. The predicted octanol–water partition coefficient (Wildman–Crippen LogP) is 0.971. The van der Waals surface area contributed by atoms with Gasteiger partial charge in [-0.1, -0.05) is 0 Å². The maximum atomic E-state index is 11.8. The Kier molecular flexibility index (Phi) is 4.06. The van der Waals surface area contributed by atoms with E-state index in [4.69, 9.17) is 4.74 Å². The van der Waals surface area contributed by atoms with Crippen LogP contribution in [0.15, 0.2) is 11.6 Å². The maximum absolute atomic E-state index is 11.8. The zero-order valence-electron chi connectivity index (χ0n) is 11.5. The summed E-state index contributed by atoms with van der Waals surface area (Å²) in [6.07, 6.45) is 1.95. The van der Waals surface area contributed by atoms with Gasteiger partial charge in [-0.2, -0.15) is 4.98 Å². The highest BCUT2D eigenvalue weighted by Crippen LogP contribution is 2.22. The average Bonchev–Trinajstić information content (AvgIpc) is 2.95. The Morgan fingerprint density at radius 2 is 2.37 bits per heavy atom. The Hall–Kier alpha value is -1.60. The summed E-state index contributed by atoms with van der Waals surface area (Å²) in [5.41, 5.74) is 0.928. The Balaban J connectivity index is 2.12. The van der Waals surface area contributed by atoms with Crippen LogP contribution in [0.25, 0.3) is 4.96 Å². The number of thiazole rings is 1. The topological polar surface area (TPSA) is 58.9 Å². The molecular weight excluding hydrogens is 264 g/mol. The van der Waals surface area contributed by atoms with Gasteiger partial charge in [-0.15, -0.1) is 11.3 Å². The van der Waals surface area contributed by atoms with E-state index in [9.17, 15) is 4.79 Å². The number of nitrogens with zero attached hydrogens (tertiary/aromatic N) is 3. The number of carbonyl (C=O) groups excluding carboxylic acids is 1. The lowest BCUT2D eigenvalue weighted by molar-refractivity contribution is -0.130. The molecule has 1 amide bonds. The molecule has 19 heavy (non-hydrogen) atoms. The van der Waals surface area contributed by atoms with Gasteiger partial charge in [-0.3, -0.25) is 9.20 Å². The minimum absolute atomic E-state index is 0.0463. The summed E-state index contributed by atoms with van der Waals surface area (Å²) in [6.45, 7) is 2.38. The van der Waals surface area contributed by atoms with Crippen molar-refractivity contribution < 1.29 is 9.53 Å². The zero-order chi connectivity index (χ0) is 14.0. The molecule has 104 valence electrons. The first-order chi connectivity index (χ1) is 9.04. The molecule has 2 aromatic rings. The molecule has 0 saturated heterocycles. The molecule has 0 aliphatic heterocycles. The van der Waals surface area contributed by atoms with Crippen molar-refractivity contribution in [2.75, 3.05) is 21.2 Å². The molecule has 0 bridgehead atoms. The van der Waals surface area contributed by atoms with Gasteiger partial charge in [-0.25, -0.2) is 0 Å². The van der Waals surface area contributed by atoms with Crippen molar-refractivity contribution in [3.63, 3.8) is 0 Å². The third kappa shape index (κ3) is 2.71. The molecule has 2 rings (SSSR count). The molecule has 6 nitrogen and oxygen atoms in total. The summed E-state index contributed by atoms with van der Waals surface area (Å²) >= 11 is 1.55. The van der Waals surface area contributed by atoms with E-state index in [1.165, 1.54) is 0 Å². The number of nitrogens with one attached hydrogen (secondary N) is 1. The second-order valence-electron chi connectivity index (χ2n) is 4.46. The molecule has 0 spiro atoms. The third-order valence-corrected chi connectivity index (χ3v) is 3.66. The SMILES string of the molecule is COc1nc2sccn2c1CNC(C)C(=O)N(C)C. The van der Waals surface area contributed by atoms with Crippen LogP contribution in [-0.2, 0) is 11.3 Å². The van der Waals surface area contributed by atoms with Gasteiger partial charge in [0.1, 0.15) is 5.69 Å². The van der Waals surface area contributed by atoms with Gasteiger partial charge >= 0.3 is 0 Å². The molecule has 0 aromatic carbocycles. The molecular formula is C12H18N4O2S. The van der Waals surface area contributed by atoms with E-state index in [1.807, 2.05) is 22.9 Å². The molecule has 7 heteroatoms. The van der Waals surface area contributed by atoms with E-state index in [1.54, 1.807) is 37.4 Å². The predicted molar refractivity (Wildman–Crippen MR) is 74.6 cm³/mol. The van der Waals surface area contributed by atoms with Crippen molar-refractivity contribution in [1.29, 1.82) is 0 Å². The van der Waals surface area contributed by atoms with Crippen LogP contribution in [0.5, 0.6) is 5.88 Å². The number of hydrogen-bond donors (Lipinski definition) is 1. The minimum atomic E-state index is -0.246. The normalized spacial score (nSPS) is 12.6. The van der Waals surface area contributed by atoms with Crippen LogP contribution in [0.3, 0.4) is 0 Å². The number of hydrogen-bond acceptors (Lipinski definition) is 5. The van der Waals surface area contributed by atoms with Gasteiger partial charge in [0.05, 0.1) is 13.2 Å². The molecule has 0 fully saturated rings. The summed E-state index contributed by atoms with van der Waals surface area (Å²) in [5, 5.41) is 5.17. The van der Waals surface area contributed by atoms with E-state index >= 15 is 0 Å². The van der Waals surface area contributed by atoms with Crippen LogP contribution in [0, 0.1) is 0 Å². The first-order valence-electron chi connectivity index (χ1n) is 5.97. The highest BCUT2D eigenvalue weighted by molar-refractivity contribution is 7.15. The van der Waals surface area contributed by atoms with Gasteiger partial charge in [-0.05, 0) is 6.92 Å². The number of rotatable bonds is 5. The van der Waals surface area contributed by atoms with Crippen molar-refractivity contribution >= 4 is 22.2 Å². The van der Waals surface area contributed by atoms with Gasteiger partial charge in [0.15, 0.2) is 4.96 Å². The summed E-state index contributed by atoms with van der Waals surface area (Å²) in [5.74, 6) is 0.647. The van der Waals surface area contributed by atoms with Crippen LogP contribution in [0.4, 0.5) is 0 Å². The van der Waals surface area contributed by atoms with Crippen molar-refractivity contribution in [3.05, 3.63) is 17.3 Å². The molecule has 1 atom stereocenters. The monoisotopic (exact) mass is 282 g/mol. The van der Waals surface area contributed by atoms with Gasteiger partial charge in [0.25, 0.3) is 0 Å². The lowest BCUT2D eigenvalue weighted by atomic mass is 10.3. The second kappa shape index (κ2) is 5.58. The van der Waals surface area contributed by atoms with Crippen LogP contribution in [0.1, 0.15) is 12.6 Å². The van der Waals surface area contributed by atoms with E-state index in [0.717, 1.165) is 10.7 Å². The summed E-state index contributed by atoms with van der Waals surface area (Å²) in [6, 6.07) is -0.246. The molecule has 2 aromatic heterocycles. The molecule has 0 saturated carbocycles. The van der Waals surface area contributed by atoms with Gasteiger partial charge < -0.3 is 15.0 Å². The van der Waals surface area contributed by atoms with Crippen molar-refractivity contribution in [2.45, 2.75) is 19.5 Å². The second-order valence-corrected chi connectivity index (χ2v) is 5.33. The van der Waals surface area contributed by atoms with Crippen LogP contribution in [0.2, 0.25) is 0 Å². The number of ether oxygens (including phenoxy) is 1. The van der Waals surface area contributed by atoms with E-state index in [2.05, 4.69) is 10.3 Å². The molecule has 1 N–H and O–H groups in total. The van der Waals surface area contributed by atoms with Gasteiger partial charge in [0.2, 0.25) is 11.8 Å². The first kappa shape index (κ1) is 13.8. The minimum Gasteiger partial charge on any atom is -0.480 e. The number of aromatic nitrogens is 2. The maximum Gasteiger partial charge on any atom is 0.238 e. The lowest BCUT2D eigenvalue weighted by Gasteiger charge is -2.17. The highest BCUT2D eigenvalue weighted by atomic mass is 32.1. The largest absolute Gasteiger partial charge is 0.480 e. The van der Waals surface area contributed by atoms with Crippen molar-refractivity contribution in [2.24, 2.45) is 0 Å². The summed E-state index contributed by atoms with van der Waals surface area (Å²) in [7, 11) is 5.10. The number of amides is 1. The fourth-order valence-corrected chi connectivity index (χ4v) is 2.59. The third-order valence-electron chi connectivity index (χ3n) is 2.90. The quantitative estimate of drug-likeness (QED) is 0.888. The Labute approximate surface area is 116 Å². The molecule has 0 radical (unpaired) electrons. The average molecular weight is 282 g/mol. The summed E-state index contributed by atoms with van der Waals surface area (Å²) < 4.78 is 7.24. The fraction of sp³-hybridized carbons (Fsp3) is 0.500. The Bertz CT molecular complexity index is 575. The standard InChI is InChI=1S/C12H18N4O2S/c1-8(11(17)15(2)3)13-7-9-10(18-4)14-12-16(9)5-6-19-12/h5-6,8,13H,7H2,1-4H3. The van der Waals surface area contributed by atoms with Crippen LogP contribution in [-0.4, -0.2) is 47.4 Å². The van der Waals surface area contributed by atoms with E-state index < -0.39 is 0 Å². The molecule has 1 unspecified atom stereocenters. The van der Waals surface area contributed by atoms with E-state index in [0.29, 0.717) is 12.4 Å². The number of likely N-dealkylation sites (N-methyl/N-ethyl adjacent to an activating group) is 1. The Morgan fingerprint density at radius 3 is 3.00 bits per heavy atom. The molecule has 0 aliphatic carbocycles. The van der Waals surface area contributed by atoms with Crippen molar-refractivity contribution in [1.82, 2.24) is 19.6 Å². The lowest BCUT2D eigenvalue weighted by Crippen LogP contribution is -2.41. The molecule has 0 aliphatic rings. The smallest absolute Gasteiger partial charge is 0.238 e. The first-order valence-corrected chi connectivity index (χ1v) is 6.85. The van der Waals surface area contributed by atoms with E-state index in [-0.39, 0.29) is 11.9 Å². The molecule has 2 heterocycles. The number of fused-ring (bicyclic) bond motifs is 1. The number of methoxy groups -OCH3 is 1. The van der Waals surface area contributed by atoms with Gasteiger partial charge in [0, 0.05) is 32.2 Å². The summed E-state index contributed by atoms with van der Waals surface area (Å²) in [4.78, 5) is 18.6. The fourth-order valence-electron chi connectivity index (χ4n) is 1.86. The van der Waals surface area contributed by atoms with Crippen molar-refractivity contribution in [3.8, 4) is 5.88 Å². The number of imidazole rings is 1. The highest BCUT2D eigenvalue weighted by Gasteiger charge is 2.18. The number of carbonyl (C=O) groups is 1. The van der Waals surface area contributed by atoms with Crippen LogP contribution < -0.4 is 10.1 Å². The Morgan fingerprint density at radius 1 is 1.63 bits per heavy atom. The van der Waals surface area contributed by atoms with Crippen LogP contribution >= 0.6 is 11.3 Å².